The minimum Gasteiger partial charge on any atom is -0.274 e. The van der Waals surface area contributed by atoms with Crippen molar-refractivity contribution in [3.8, 4) is 0 Å². The van der Waals surface area contributed by atoms with Crippen molar-refractivity contribution in [2.24, 2.45) is 0 Å². The van der Waals surface area contributed by atoms with Gasteiger partial charge < -0.3 is 0 Å². The molecule has 0 fully saturated rings. The van der Waals surface area contributed by atoms with Crippen LogP contribution in [0.5, 0.6) is 0 Å². The van der Waals surface area contributed by atoms with Gasteiger partial charge in [-0.25, -0.2) is 17.7 Å². The van der Waals surface area contributed by atoms with Gasteiger partial charge in [-0.3, -0.25) is 4.40 Å². The Morgan fingerprint density at radius 2 is 1.71 bits per heavy atom. The van der Waals surface area contributed by atoms with Crippen molar-refractivity contribution in [1.82, 2.24) is 19.6 Å². The number of rotatable bonds is 4. The van der Waals surface area contributed by atoms with Crippen molar-refractivity contribution in [3.05, 3.63) is 59.4 Å². The summed E-state index contributed by atoms with van der Waals surface area (Å²) in [4.78, 5) is 4.70. The maximum Gasteiger partial charge on any atom is 0.265 e. The van der Waals surface area contributed by atoms with E-state index in [4.69, 9.17) is 11.6 Å². The van der Waals surface area contributed by atoms with Gasteiger partial charge in [-0.05, 0) is 36.4 Å². The van der Waals surface area contributed by atoms with Gasteiger partial charge in [0.25, 0.3) is 10.0 Å². The van der Waals surface area contributed by atoms with E-state index in [-0.39, 0.29) is 16.6 Å². The summed E-state index contributed by atoms with van der Waals surface area (Å²) in [6.45, 7) is 4.03. The molecular formula is C19H18ClN5O2S. The van der Waals surface area contributed by atoms with E-state index in [2.05, 4.69) is 15.2 Å². The third kappa shape index (κ3) is 2.89. The molecule has 0 atom stereocenters. The van der Waals surface area contributed by atoms with Crippen molar-refractivity contribution < 1.29 is 8.42 Å². The van der Waals surface area contributed by atoms with Gasteiger partial charge in [0.05, 0.1) is 15.9 Å². The molecule has 0 radical (unpaired) electrons. The van der Waals surface area contributed by atoms with Crippen LogP contribution in [0.4, 0.5) is 5.82 Å². The Hall–Kier alpha value is -2.71. The minimum absolute atomic E-state index is 0.104. The zero-order chi connectivity index (χ0) is 20.1. The maximum absolute atomic E-state index is 13.1. The van der Waals surface area contributed by atoms with Crippen LogP contribution in [0.1, 0.15) is 25.6 Å². The Balaban J connectivity index is 1.98. The number of sulfonamides is 1. The molecule has 2 aromatic carbocycles. The standard InChI is InChI=1S/C19H18ClN5O2S/c1-12(2)17-22-23-19-18(21-15-6-4-5-7-16(15)25(17)19)24(3)28(26,27)14-10-8-13(20)9-11-14/h4-12H,1-3H3. The molecule has 0 bridgehead atoms. The molecule has 9 heteroatoms. The molecule has 0 amide bonds. The summed E-state index contributed by atoms with van der Waals surface area (Å²) < 4.78 is 29.3. The number of benzene rings is 2. The second kappa shape index (κ2) is 6.72. The van der Waals surface area contributed by atoms with Crippen LogP contribution in [-0.4, -0.2) is 35.0 Å². The van der Waals surface area contributed by atoms with E-state index < -0.39 is 10.0 Å². The molecule has 28 heavy (non-hydrogen) atoms. The van der Waals surface area contributed by atoms with Crippen LogP contribution in [0, 0.1) is 0 Å². The highest BCUT2D eigenvalue weighted by molar-refractivity contribution is 7.92. The topological polar surface area (TPSA) is 80.5 Å². The van der Waals surface area contributed by atoms with E-state index in [1.54, 1.807) is 12.1 Å². The van der Waals surface area contributed by atoms with Crippen LogP contribution in [0.2, 0.25) is 5.02 Å². The predicted octanol–water partition coefficient (Wildman–Crippen LogP) is 3.88. The molecule has 0 saturated heterocycles. The first kappa shape index (κ1) is 18.6. The lowest BCUT2D eigenvalue weighted by Crippen LogP contribution is -2.28. The summed E-state index contributed by atoms with van der Waals surface area (Å²) in [5, 5.41) is 9.01. The average Bonchev–Trinajstić information content (AvgIpc) is 3.13. The van der Waals surface area contributed by atoms with Crippen molar-refractivity contribution in [1.29, 1.82) is 0 Å². The molecule has 2 heterocycles. The van der Waals surface area contributed by atoms with Gasteiger partial charge in [-0.1, -0.05) is 37.6 Å². The fraction of sp³-hybridized carbons (Fsp3) is 0.211. The SMILES string of the molecule is CC(C)c1nnc2c(N(C)S(=O)(=O)c3ccc(Cl)cc3)nc3ccccc3n12. The molecule has 144 valence electrons. The number of hydrogen-bond acceptors (Lipinski definition) is 5. The lowest BCUT2D eigenvalue weighted by atomic mass is 10.2. The Kier molecular flexibility index (Phi) is 4.47. The molecule has 4 aromatic rings. The highest BCUT2D eigenvalue weighted by Crippen LogP contribution is 2.29. The number of nitrogens with zero attached hydrogens (tertiary/aromatic N) is 5. The summed E-state index contributed by atoms with van der Waals surface area (Å²) in [7, 11) is -2.39. The first-order chi connectivity index (χ1) is 13.3. The third-order valence-corrected chi connectivity index (χ3v) is 6.54. The van der Waals surface area contributed by atoms with Gasteiger partial charge in [0.2, 0.25) is 5.65 Å². The summed E-state index contributed by atoms with van der Waals surface area (Å²) in [5.74, 6) is 1.06. The molecule has 0 saturated carbocycles. The lowest BCUT2D eigenvalue weighted by molar-refractivity contribution is 0.594. The third-order valence-electron chi connectivity index (χ3n) is 4.52. The molecule has 4 rings (SSSR count). The van der Waals surface area contributed by atoms with Gasteiger partial charge in [0.15, 0.2) is 5.82 Å². The normalized spacial score (nSPS) is 12.2. The number of aromatic nitrogens is 4. The summed E-state index contributed by atoms with van der Waals surface area (Å²) >= 11 is 5.89. The number of anilines is 1. The molecule has 0 aliphatic carbocycles. The van der Waals surface area contributed by atoms with Crippen LogP contribution in [0.25, 0.3) is 16.7 Å². The van der Waals surface area contributed by atoms with Crippen molar-refractivity contribution in [3.63, 3.8) is 0 Å². The zero-order valence-corrected chi connectivity index (χ0v) is 17.1. The zero-order valence-electron chi connectivity index (χ0n) is 15.5. The average molecular weight is 416 g/mol. The highest BCUT2D eigenvalue weighted by atomic mass is 35.5. The smallest absolute Gasteiger partial charge is 0.265 e. The van der Waals surface area contributed by atoms with E-state index >= 15 is 0 Å². The van der Waals surface area contributed by atoms with Gasteiger partial charge >= 0.3 is 0 Å². The first-order valence-electron chi connectivity index (χ1n) is 8.69. The molecule has 0 spiro atoms. The second-order valence-electron chi connectivity index (χ2n) is 6.72. The fourth-order valence-corrected chi connectivity index (χ4v) is 4.33. The molecule has 2 aromatic heterocycles. The van der Waals surface area contributed by atoms with Gasteiger partial charge in [-0.2, -0.15) is 0 Å². The maximum atomic E-state index is 13.1. The van der Waals surface area contributed by atoms with E-state index in [1.165, 1.54) is 19.2 Å². The van der Waals surface area contributed by atoms with Crippen molar-refractivity contribution in [2.45, 2.75) is 24.7 Å². The summed E-state index contributed by atoms with van der Waals surface area (Å²) in [6, 6.07) is 13.5. The van der Waals surface area contributed by atoms with E-state index in [9.17, 15) is 8.42 Å². The first-order valence-corrected chi connectivity index (χ1v) is 10.5. The monoisotopic (exact) mass is 415 g/mol. The number of hydrogen-bond donors (Lipinski definition) is 0. The van der Waals surface area contributed by atoms with Crippen molar-refractivity contribution in [2.75, 3.05) is 11.4 Å². The molecule has 0 aliphatic rings. The van der Waals surface area contributed by atoms with Crippen LogP contribution in [0.15, 0.2) is 53.4 Å². The molecule has 0 unspecified atom stereocenters. The second-order valence-corrected chi connectivity index (χ2v) is 9.13. The highest BCUT2D eigenvalue weighted by Gasteiger charge is 2.27. The van der Waals surface area contributed by atoms with Gasteiger partial charge in [-0.15, -0.1) is 10.2 Å². The minimum atomic E-state index is -3.85. The Morgan fingerprint density at radius 1 is 1.04 bits per heavy atom. The van der Waals surface area contributed by atoms with E-state index in [0.29, 0.717) is 16.2 Å². The van der Waals surface area contributed by atoms with Crippen LogP contribution in [-0.2, 0) is 10.0 Å². The largest absolute Gasteiger partial charge is 0.274 e. The molecule has 0 N–H and O–H groups in total. The number of para-hydroxylation sites is 2. The van der Waals surface area contributed by atoms with Gasteiger partial charge in [0, 0.05) is 18.0 Å². The quantitative estimate of drug-likeness (QED) is 0.505. The molecule has 7 nitrogen and oxygen atoms in total. The lowest BCUT2D eigenvalue weighted by Gasteiger charge is -2.20. The summed E-state index contributed by atoms with van der Waals surface area (Å²) in [5.41, 5.74) is 1.87. The van der Waals surface area contributed by atoms with E-state index in [0.717, 1.165) is 15.6 Å². The fourth-order valence-electron chi connectivity index (χ4n) is 3.05. The number of halogens is 1. The van der Waals surface area contributed by atoms with Crippen LogP contribution in [0.3, 0.4) is 0 Å². The van der Waals surface area contributed by atoms with Crippen LogP contribution < -0.4 is 4.31 Å². The van der Waals surface area contributed by atoms with E-state index in [1.807, 2.05) is 42.5 Å². The predicted molar refractivity (Wildman–Crippen MR) is 109 cm³/mol. The van der Waals surface area contributed by atoms with Gasteiger partial charge in [0.1, 0.15) is 5.82 Å². The number of fused-ring (bicyclic) bond motifs is 3. The van der Waals surface area contributed by atoms with Crippen molar-refractivity contribution >= 4 is 44.1 Å². The summed E-state index contributed by atoms with van der Waals surface area (Å²) in [6.07, 6.45) is 0. The Labute approximate surface area is 167 Å². The molecule has 0 aliphatic heterocycles. The van der Waals surface area contributed by atoms with Crippen LogP contribution >= 0.6 is 11.6 Å². The Bertz CT molecular complexity index is 1280. The Morgan fingerprint density at radius 3 is 2.39 bits per heavy atom. The molecular weight excluding hydrogens is 398 g/mol.